The van der Waals surface area contributed by atoms with Gasteiger partial charge in [-0.1, -0.05) is 31.2 Å². The number of nitrogens with zero attached hydrogens (tertiary/aromatic N) is 1. The molecule has 1 heterocycles. The second-order valence-corrected chi connectivity index (χ2v) is 6.89. The number of hydrogen-bond donors (Lipinski definition) is 0. The smallest absolute Gasteiger partial charge is 0.197 e. The normalized spacial score (nSPS) is 17.8. The summed E-state index contributed by atoms with van der Waals surface area (Å²) in [5, 5.41) is 0. The molecule has 128 valence electrons. The molecule has 2 rings (SSSR count). The number of benzene rings is 1. The van der Waals surface area contributed by atoms with Crippen LogP contribution in [-0.2, 0) is 0 Å². The Hall–Kier alpha value is -2.59. The van der Waals surface area contributed by atoms with Crippen molar-refractivity contribution in [2.75, 3.05) is 7.05 Å². The third-order valence-corrected chi connectivity index (χ3v) is 4.97. The van der Waals surface area contributed by atoms with Gasteiger partial charge in [-0.3, -0.25) is 0 Å². The molecular weight excluding hydrogens is 302 g/mol. The van der Waals surface area contributed by atoms with Crippen molar-refractivity contribution in [1.29, 1.82) is 0 Å². The lowest BCUT2D eigenvalue weighted by molar-refractivity contribution is -0.436. The summed E-state index contributed by atoms with van der Waals surface area (Å²) < 4.78 is 2.28. The van der Waals surface area contributed by atoms with Crippen LogP contribution in [0.2, 0.25) is 0 Å². The summed E-state index contributed by atoms with van der Waals surface area (Å²) in [6, 6.07) is 6.26. The Labute approximate surface area is 152 Å². The molecule has 0 saturated carbocycles. The minimum absolute atomic E-state index is 0.136. The molecule has 0 bridgehead atoms. The van der Waals surface area contributed by atoms with Crippen molar-refractivity contribution in [3.05, 3.63) is 82.1 Å². The van der Waals surface area contributed by atoms with E-state index in [2.05, 4.69) is 83.5 Å². The number of hydrogen-bond acceptors (Lipinski definition) is 0. The van der Waals surface area contributed by atoms with Gasteiger partial charge in [-0.15, -0.1) is 6.42 Å². The molecule has 25 heavy (non-hydrogen) atoms. The van der Waals surface area contributed by atoms with Crippen LogP contribution in [0.15, 0.2) is 65.4 Å². The van der Waals surface area contributed by atoms with Gasteiger partial charge in [0.15, 0.2) is 5.71 Å². The van der Waals surface area contributed by atoms with Crippen molar-refractivity contribution in [2.45, 2.75) is 40.5 Å². The number of likely N-dealkylation sites (N-methyl/N-ethyl adjacent to an activating group) is 1. The van der Waals surface area contributed by atoms with E-state index >= 15 is 0 Å². The zero-order chi connectivity index (χ0) is 18.9. The number of allylic oxidation sites excluding steroid dienone is 5. The quantitative estimate of drug-likeness (QED) is 0.504. The van der Waals surface area contributed by atoms with E-state index in [1.54, 1.807) is 0 Å². The van der Waals surface area contributed by atoms with Gasteiger partial charge in [0.1, 0.15) is 13.0 Å². The lowest BCUT2D eigenvalue weighted by Crippen LogP contribution is -2.19. The summed E-state index contributed by atoms with van der Waals surface area (Å²) in [6.45, 7) is 19.1. The van der Waals surface area contributed by atoms with E-state index in [9.17, 15) is 0 Å². The summed E-state index contributed by atoms with van der Waals surface area (Å²) in [5.41, 5.74) is 10.5. The van der Waals surface area contributed by atoms with Crippen LogP contribution in [0.25, 0.3) is 0 Å². The van der Waals surface area contributed by atoms with Crippen LogP contribution in [0, 0.1) is 19.3 Å². The first-order chi connectivity index (χ1) is 11.7. The molecule has 1 aliphatic heterocycles. The van der Waals surface area contributed by atoms with Gasteiger partial charge in [-0.25, -0.2) is 0 Å². The predicted molar refractivity (Wildman–Crippen MR) is 109 cm³/mol. The van der Waals surface area contributed by atoms with Crippen LogP contribution in [0.3, 0.4) is 0 Å². The Kier molecular flexibility index (Phi) is 5.33. The lowest BCUT2D eigenvalue weighted by atomic mass is 9.80. The van der Waals surface area contributed by atoms with Crippen LogP contribution in [0.1, 0.15) is 50.3 Å². The van der Waals surface area contributed by atoms with Crippen LogP contribution < -0.4 is 0 Å². The van der Waals surface area contributed by atoms with Gasteiger partial charge in [0, 0.05) is 22.3 Å². The van der Waals surface area contributed by atoms with Crippen molar-refractivity contribution in [2.24, 2.45) is 0 Å². The minimum atomic E-state index is 0.136. The van der Waals surface area contributed by atoms with Gasteiger partial charge in [-0.05, 0) is 63.5 Å². The van der Waals surface area contributed by atoms with E-state index in [0.717, 1.165) is 16.7 Å². The van der Waals surface area contributed by atoms with E-state index in [1.165, 1.54) is 33.7 Å². The molecule has 1 aromatic carbocycles. The summed E-state index contributed by atoms with van der Waals surface area (Å²) in [7, 11) is 2.13. The largest absolute Gasteiger partial charge is 0.212 e. The van der Waals surface area contributed by atoms with E-state index in [-0.39, 0.29) is 5.92 Å². The van der Waals surface area contributed by atoms with Crippen molar-refractivity contribution in [1.82, 2.24) is 0 Å². The van der Waals surface area contributed by atoms with Gasteiger partial charge >= 0.3 is 0 Å². The second kappa shape index (κ2) is 7.11. The molecule has 0 aliphatic carbocycles. The van der Waals surface area contributed by atoms with Gasteiger partial charge in [0.2, 0.25) is 5.70 Å². The second-order valence-electron chi connectivity index (χ2n) is 6.89. The zero-order valence-corrected chi connectivity index (χ0v) is 16.3. The molecule has 1 aliphatic rings. The van der Waals surface area contributed by atoms with Crippen molar-refractivity contribution >= 4 is 5.71 Å². The molecule has 1 nitrogen and oxygen atoms in total. The highest BCUT2D eigenvalue weighted by Gasteiger charge is 2.42. The SMILES string of the molecule is C#Cc1ccc(C2C(C(=C)C)=C(/C(C)=C\C)[N+](C)=C2C(=C)C)c(C)c1. The average molecular weight is 330 g/mol. The third-order valence-electron chi connectivity index (χ3n) is 4.97. The minimum Gasteiger partial charge on any atom is -0.197 e. The molecular formula is C24H28N+. The molecule has 0 amide bonds. The molecule has 0 aromatic heterocycles. The summed E-state index contributed by atoms with van der Waals surface area (Å²) >= 11 is 0. The van der Waals surface area contributed by atoms with Crippen molar-refractivity contribution in [3.63, 3.8) is 0 Å². The Bertz CT molecular complexity index is 895. The average Bonchev–Trinajstić information content (AvgIpc) is 2.87. The Morgan fingerprint density at radius 2 is 1.84 bits per heavy atom. The fraction of sp³-hybridized carbons (Fsp3) is 0.292. The number of terminal acetylenes is 1. The van der Waals surface area contributed by atoms with Gasteiger partial charge < -0.3 is 0 Å². The fourth-order valence-electron chi connectivity index (χ4n) is 3.76. The molecule has 1 aromatic rings. The van der Waals surface area contributed by atoms with Crippen molar-refractivity contribution < 1.29 is 4.58 Å². The molecule has 0 saturated heterocycles. The molecule has 1 unspecified atom stereocenters. The molecule has 1 atom stereocenters. The van der Waals surface area contributed by atoms with Crippen LogP contribution in [0.5, 0.6) is 0 Å². The monoisotopic (exact) mass is 330 g/mol. The summed E-state index contributed by atoms with van der Waals surface area (Å²) in [6.07, 6.45) is 7.72. The topological polar surface area (TPSA) is 3.01 Å². The Morgan fingerprint density at radius 3 is 2.28 bits per heavy atom. The third kappa shape index (κ3) is 3.17. The van der Waals surface area contributed by atoms with Crippen molar-refractivity contribution in [3.8, 4) is 12.3 Å². The Morgan fingerprint density at radius 1 is 1.20 bits per heavy atom. The predicted octanol–water partition coefficient (Wildman–Crippen LogP) is 5.53. The first-order valence-electron chi connectivity index (χ1n) is 8.61. The number of aryl methyl sites for hydroxylation is 1. The standard InChI is InChI=1S/C24H28N/c1-10-17(7)24-21(15(3)4)22(23(16(5)6)25(24)9)20-13-12-19(11-2)14-18(20)8/h2,10,12-14,22H,3,5H2,1,4,6-9H3/q+1/b17-10-. The zero-order valence-electron chi connectivity index (χ0n) is 16.3. The Balaban J connectivity index is 2.85. The maximum Gasteiger partial charge on any atom is 0.212 e. The van der Waals surface area contributed by atoms with E-state index in [4.69, 9.17) is 6.42 Å². The number of rotatable bonds is 4. The summed E-state index contributed by atoms with van der Waals surface area (Å²) in [4.78, 5) is 0. The highest BCUT2D eigenvalue weighted by atomic mass is 15.0. The molecule has 0 fully saturated rings. The lowest BCUT2D eigenvalue weighted by Gasteiger charge is -2.17. The molecule has 0 N–H and O–H groups in total. The first kappa shape index (κ1) is 18.7. The van der Waals surface area contributed by atoms with Gasteiger partial charge in [0.25, 0.3) is 0 Å². The summed E-state index contributed by atoms with van der Waals surface area (Å²) in [5.74, 6) is 2.86. The highest BCUT2D eigenvalue weighted by Crippen LogP contribution is 2.42. The molecule has 0 spiro atoms. The fourth-order valence-corrected chi connectivity index (χ4v) is 3.76. The highest BCUT2D eigenvalue weighted by molar-refractivity contribution is 6.05. The van der Waals surface area contributed by atoms with Crippen LogP contribution in [-0.4, -0.2) is 17.3 Å². The van der Waals surface area contributed by atoms with E-state index < -0.39 is 0 Å². The van der Waals surface area contributed by atoms with E-state index in [1.807, 2.05) is 6.07 Å². The molecule has 1 heteroatoms. The van der Waals surface area contributed by atoms with Gasteiger partial charge in [-0.2, -0.15) is 4.58 Å². The van der Waals surface area contributed by atoms with E-state index in [0.29, 0.717) is 0 Å². The van der Waals surface area contributed by atoms with Gasteiger partial charge in [0.05, 0.1) is 0 Å². The first-order valence-corrected chi connectivity index (χ1v) is 8.61. The maximum absolute atomic E-state index is 5.57. The maximum atomic E-state index is 5.57. The molecule has 0 radical (unpaired) electrons. The van der Waals surface area contributed by atoms with Crippen LogP contribution >= 0.6 is 0 Å². The van der Waals surface area contributed by atoms with Crippen LogP contribution in [0.4, 0.5) is 0 Å².